The summed E-state index contributed by atoms with van der Waals surface area (Å²) >= 11 is 0. The van der Waals surface area contributed by atoms with Crippen molar-refractivity contribution in [2.45, 2.75) is 44.8 Å². The van der Waals surface area contributed by atoms with Crippen molar-refractivity contribution in [1.82, 2.24) is 4.90 Å². The lowest BCUT2D eigenvalue weighted by Gasteiger charge is -2.47. The van der Waals surface area contributed by atoms with Gasteiger partial charge in [-0.1, -0.05) is 0 Å². The Morgan fingerprint density at radius 1 is 1.50 bits per heavy atom. The predicted molar refractivity (Wildman–Crippen MR) is 55.3 cm³/mol. The maximum absolute atomic E-state index is 12.1. The number of halogens is 2. The van der Waals surface area contributed by atoms with Gasteiger partial charge in [-0.3, -0.25) is 0 Å². The second-order valence-electron chi connectivity index (χ2n) is 5.29. The summed E-state index contributed by atoms with van der Waals surface area (Å²) in [5.41, 5.74) is 4.14. The molecule has 0 aromatic rings. The quantitative estimate of drug-likeness (QED) is 0.792. The standard InChI is InChI=1S/C10H18F2N2O2/c1-9(2,3)16-8(15)14-5-10(13,6-14)4-7(11)12/h7H,4-6,13H2,1-3H3. The number of alkyl halides is 2. The lowest BCUT2D eigenvalue weighted by Crippen LogP contribution is -2.69. The minimum atomic E-state index is -2.44. The highest BCUT2D eigenvalue weighted by Crippen LogP contribution is 2.26. The maximum Gasteiger partial charge on any atom is 0.410 e. The molecule has 0 aliphatic carbocycles. The fourth-order valence-electron chi connectivity index (χ4n) is 1.61. The third kappa shape index (κ3) is 3.59. The van der Waals surface area contributed by atoms with E-state index in [1.165, 1.54) is 4.90 Å². The van der Waals surface area contributed by atoms with Crippen molar-refractivity contribution in [3.8, 4) is 0 Å². The Morgan fingerprint density at radius 3 is 2.38 bits per heavy atom. The Kier molecular flexibility index (Phi) is 3.42. The summed E-state index contributed by atoms with van der Waals surface area (Å²) < 4.78 is 29.4. The van der Waals surface area contributed by atoms with Crippen LogP contribution in [0, 0.1) is 0 Å². The molecule has 1 aliphatic heterocycles. The molecule has 0 aromatic heterocycles. The number of rotatable bonds is 2. The van der Waals surface area contributed by atoms with Crippen LogP contribution >= 0.6 is 0 Å². The second kappa shape index (κ2) is 4.16. The summed E-state index contributed by atoms with van der Waals surface area (Å²) in [5.74, 6) is 0. The van der Waals surface area contributed by atoms with Crippen LogP contribution in [-0.4, -0.2) is 41.6 Å². The van der Waals surface area contributed by atoms with Gasteiger partial charge >= 0.3 is 6.09 Å². The number of hydrogen-bond acceptors (Lipinski definition) is 3. The van der Waals surface area contributed by atoms with Gasteiger partial charge in [0.2, 0.25) is 6.43 Å². The zero-order valence-electron chi connectivity index (χ0n) is 9.80. The molecule has 2 N–H and O–H groups in total. The molecule has 1 fully saturated rings. The second-order valence-corrected chi connectivity index (χ2v) is 5.29. The number of carbonyl (C=O) groups is 1. The van der Waals surface area contributed by atoms with Crippen LogP contribution in [-0.2, 0) is 4.74 Å². The molecule has 0 aromatic carbocycles. The van der Waals surface area contributed by atoms with Gasteiger partial charge in [0, 0.05) is 19.5 Å². The lowest BCUT2D eigenvalue weighted by atomic mass is 9.88. The van der Waals surface area contributed by atoms with E-state index in [1.807, 2.05) is 0 Å². The predicted octanol–water partition coefficient (Wildman–Crippen LogP) is 1.59. The van der Waals surface area contributed by atoms with Gasteiger partial charge in [-0.25, -0.2) is 13.6 Å². The highest BCUT2D eigenvalue weighted by molar-refractivity contribution is 5.69. The molecule has 0 saturated carbocycles. The Labute approximate surface area is 93.7 Å². The topological polar surface area (TPSA) is 55.6 Å². The van der Waals surface area contributed by atoms with Crippen molar-refractivity contribution in [3.05, 3.63) is 0 Å². The fraction of sp³-hybridized carbons (Fsp3) is 0.900. The molecule has 0 radical (unpaired) electrons. The third-order valence-electron chi connectivity index (χ3n) is 2.22. The summed E-state index contributed by atoms with van der Waals surface area (Å²) in [6, 6.07) is 0. The molecular formula is C10H18F2N2O2. The third-order valence-corrected chi connectivity index (χ3v) is 2.22. The molecular weight excluding hydrogens is 218 g/mol. The number of nitrogens with zero attached hydrogens (tertiary/aromatic N) is 1. The molecule has 0 atom stereocenters. The summed E-state index contributed by atoms with van der Waals surface area (Å²) in [5, 5.41) is 0. The van der Waals surface area contributed by atoms with Gasteiger partial charge in [0.05, 0.1) is 5.54 Å². The van der Waals surface area contributed by atoms with Gasteiger partial charge in [-0.2, -0.15) is 0 Å². The lowest BCUT2D eigenvalue weighted by molar-refractivity contribution is -0.0228. The first kappa shape index (κ1) is 13.2. The van der Waals surface area contributed by atoms with Crippen LogP contribution in [0.1, 0.15) is 27.2 Å². The number of carbonyl (C=O) groups excluding carboxylic acids is 1. The van der Waals surface area contributed by atoms with Crippen molar-refractivity contribution < 1.29 is 18.3 Å². The molecule has 1 saturated heterocycles. The van der Waals surface area contributed by atoms with Crippen molar-refractivity contribution >= 4 is 6.09 Å². The van der Waals surface area contributed by atoms with E-state index >= 15 is 0 Å². The van der Waals surface area contributed by atoms with Crippen LogP contribution in [0.2, 0.25) is 0 Å². The molecule has 1 amide bonds. The first-order valence-corrected chi connectivity index (χ1v) is 5.16. The van der Waals surface area contributed by atoms with E-state index in [4.69, 9.17) is 10.5 Å². The van der Waals surface area contributed by atoms with Crippen LogP contribution in [0.5, 0.6) is 0 Å². The van der Waals surface area contributed by atoms with E-state index in [1.54, 1.807) is 20.8 Å². The fourth-order valence-corrected chi connectivity index (χ4v) is 1.61. The highest BCUT2D eigenvalue weighted by atomic mass is 19.3. The molecule has 0 spiro atoms. The van der Waals surface area contributed by atoms with Crippen molar-refractivity contribution in [2.75, 3.05) is 13.1 Å². The monoisotopic (exact) mass is 236 g/mol. The van der Waals surface area contributed by atoms with Gasteiger partial charge in [-0.05, 0) is 20.8 Å². The molecule has 4 nitrogen and oxygen atoms in total. The zero-order chi connectivity index (χ0) is 12.6. The largest absolute Gasteiger partial charge is 0.444 e. The van der Waals surface area contributed by atoms with Crippen LogP contribution in [0.25, 0.3) is 0 Å². The first-order valence-electron chi connectivity index (χ1n) is 5.16. The summed E-state index contributed by atoms with van der Waals surface area (Å²) in [4.78, 5) is 12.8. The van der Waals surface area contributed by atoms with Gasteiger partial charge in [-0.15, -0.1) is 0 Å². The Morgan fingerprint density at radius 2 is 2.00 bits per heavy atom. The van der Waals surface area contributed by atoms with E-state index in [9.17, 15) is 13.6 Å². The van der Waals surface area contributed by atoms with Crippen molar-refractivity contribution in [1.29, 1.82) is 0 Å². The average Bonchev–Trinajstić information content (AvgIpc) is 1.94. The van der Waals surface area contributed by atoms with E-state index in [0.717, 1.165) is 0 Å². The molecule has 1 heterocycles. The SMILES string of the molecule is CC(C)(C)OC(=O)N1CC(N)(CC(F)F)C1. The Balaban J connectivity index is 2.38. The highest BCUT2D eigenvalue weighted by Gasteiger charge is 2.45. The van der Waals surface area contributed by atoms with E-state index in [-0.39, 0.29) is 19.5 Å². The number of amides is 1. The van der Waals surface area contributed by atoms with Crippen LogP contribution in [0.4, 0.5) is 13.6 Å². The first-order chi connectivity index (χ1) is 7.11. The normalized spacial score (nSPS) is 19.6. The van der Waals surface area contributed by atoms with Gasteiger partial charge < -0.3 is 15.4 Å². The minimum absolute atomic E-state index is 0.131. The maximum atomic E-state index is 12.1. The van der Waals surface area contributed by atoms with Crippen LogP contribution < -0.4 is 5.73 Å². The number of nitrogens with two attached hydrogens (primary N) is 1. The Hall–Kier alpha value is -0.910. The Bertz CT molecular complexity index is 270. The number of ether oxygens (including phenoxy) is 1. The van der Waals surface area contributed by atoms with E-state index in [2.05, 4.69) is 0 Å². The van der Waals surface area contributed by atoms with E-state index < -0.39 is 23.7 Å². The minimum Gasteiger partial charge on any atom is -0.444 e. The number of hydrogen-bond donors (Lipinski definition) is 1. The van der Waals surface area contributed by atoms with E-state index in [0.29, 0.717) is 0 Å². The molecule has 0 bridgehead atoms. The zero-order valence-corrected chi connectivity index (χ0v) is 9.80. The van der Waals surface area contributed by atoms with Crippen molar-refractivity contribution in [3.63, 3.8) is 0 Å². The molecule has 16 heavy (non-hydrogen) atoms. The van der Waals surface area contributed by atoms with Gasteiger partial charge in [0.25, 0.3) is 0 Å². The average molecular weight is 236 g/mol. The molecule has 94 valence electrons. The summed E-state index contributed by atoms with van der Waals surface area (Å²) in [7, 11) is 0. The molecule has 6 heteroatoms. The van der Waals surface area contributed by atoms with Crippen molar-refractivity contribution in [2.24, 2.45) is 5.73 Å². The summed E-state index contributed by atoms with van der Waals surface area (Å²) in [6.45, 7) is 5.51. The molecule has 1 rings (SSSR count). The molecule has 0 unspecified atom stereocenters. The summed E-state index contributed by atoms with van der Waals surface area (Å²) in [6.07, 6.45) is -3.32. The van der Waals surface area contributed by atoms with Crippen LogP contribution in [0.15, 0.2) is 0 Å². The van der Waals surface area contributed by atoms with Gasteiger partial charge in [0.15, 0.2) is 0 Å². The smallest absolute Gasteiger partial charge is 0.410 e. The number of likely N-dealkylation sites (tertiary alicyclic amines) is 1. The molecule has 1 aliphatic rings. The van der Waals surface area contributed by atoms with Crippen LogP contribution in [0.3, 0.4) is 0 Å². The van der Waals surface area contributed by atoms with Gasteiger partial charge in [0.1, 0.15) is 5.60 Å².